The molecule has 1 aliphatic heterocycles. The maximum Gasteiger partial charge on any atom is 0.310 e. The third kappa shape index (κ3) is 3.72. The van der Waals surface area contributed by atoms with E-state index in [1.54, 1.807) is 0 Å². The Labute approximate surface area is 159 Å². The summed E-state index contributed by atoms with van der Waals surface area (Å²) in [6, 6.07) is 6.12. The van der Waals surface area contributed by atoms with E-state index in [0.717, 1.165) is 47.1 Å². The molecule has 0 unspecified atom stereocenters. The molecule has 0 spiro atoms. The molecule has 27 heavy (non-hydrogen) atoms. The fourth-order valence-corrected chi connectivity index (χ4v) is 4.13. The quantitative estimate of drug-likeness (QED) is 0.696. The smallest absolute Gasteiger partial charge is 0.310 e. The Morgan fingerprint density at radius 1 is 1.30 bits per heavy atom. The molecule has 3 rings (SSSR count). The molecule has 0 bridgehead atoms. The molecule has 0 saturated heterocycles. The average Bonchev–Trinajstić information content (AvgIpc) is 2.66. The fraction of sp³-hybridized carbons (Fsp3) is 0.524. The summed E-state index contributed by atoms with van der Waals surface area (Å²) in [5.41, 5.74) is 2.95. The SMILES string of the molecule is CCC(CC)(CN(C)Cc1ccc2c3c(c(=O)[nH]c2c1)CCCN3)C(=O)O. The molecule has 3 N–H and O–H groups in total. The van der Waals surface area contributed by atoms with E-state index in [4.69, 9.17) is 0 Å². The number of aromatic amines is 1. The number of rotatable bonds is 7. The third-order valence-electron chi connectivity index (χ3n) is 5.92. The number of anilines is 1. The minimum absolute atomic E-state index is 0.0166. The van der Waals surface area contributed by atoms with Crippen molar-refractivity contribution in [1.29, 1.82) is 0 Å². The largest absolute Gasteiger partial charge is 0.481 e. The topological polar surface area (TPSA) is 85.4 Å². The average molecular weight is 371 g/mol. The van der Waals surface area contributed by atoms with Gasteiger partial charge in [0.1, 0.15) is 0 Å². The Hall–Kier alpha value is -2.34. The number of pyridine rings is 1. The van der Waals surface area contributed by atoms with E-state index >= 15 is 0 Å². The summed E-state index contributed by atoms with van der Waals surface area (Å²) in [5.74, 6) is -0.736. The number of hydrogen-bond acceptors (Lipinski definition) is 4. The van der Waals surface area contributed by atoms with Crippen molar-refractivity contribution in [2.45, 2.75) is 46.1 Å². The Balaban J connectivity index is 1.85. The van der Waals surface area contributed by atoms with Crippen LogP contribution in [0, 0.1) is 5.41 Å². The zero-order valence-electron chi connectivity index (χ0n) is 16.4. The van der Waals surface area contributed by atoms with Crippen molar-refractivity contribution < 1.29 is 9.90 Å². The van der Waals surface area contributed by atoms with E-state index in [1.165, 1.54) is 0 Å². The number of carboxylic acid groups (broad SMARTS) is 1. The molecule has 6 heteroatoms. The van der Waals surface area contributed by atoms with Crippen LogP contribution in [-0.2, 0) is 17.8 Å². The number of fused-ring (bicyclic) bond motifs is 3. The van der Waals surface area contributed by atoms with Crippen molar-refractivity contribution >= 4 is 22.6 Å². The summed E-state index contributed by atoms with van der Waals surface area (Å²) >= 11 is 0. The van der Waals surface area contributed by atoms with Crippen LogP contribution in [0.25, 0.3) is 10.9 Å². The maximum atomic E-state index is 12.4. The number of aromatic nitrogens is 1. The van der Waals surface area contributed by atoms with Crippen molar-refractivity contribution in [1.82, 2.24) is 9.88 Å². The fourth-order valence-electron chi connectivity index (χ4n) is 4.13. The second-order valence-corrected chi connectivity index (χ2v) is 7.68. The summed E-state index contributed by atoms with van der Waals surface area (Å²) < 4.78 is 0. The molecule has 146 valence electrons. The number of hydrogen-bond donors (Lipinski definition) is 3. The molecule has 0 atom stereocenters. The van der Waals surface area contributed by atoms with E-state index in [2.05, 4.69) is 27.3 Å². The van der Waals surface area contributed by atoms with Gasteiger partial charge in [-0.1, -0.05) is 26.0 Å². The van der Waals surface area contributed by atoms with Crippen molar-refractivity contribution in [2.75, 3.05) is 25.5 Å². The summed E-state index contributed by atoms with van der Waals surface area (Å²) in [6.07, 6.45) is 2.99. The highest BCUT2D eigenvalue weighted by molar-refractivity contribution is 5.93. The molecule has 0 aliphatic carbocycles. The predicted octanol–water partition coefficient (Wildman–Crippen LogP) is 3.21. The number of benzene rings is 1. The lowest BCUT2D eigenvalue weighted by Gasteiger charge is -2.31. The van der Waals surface area contributed by atoms with Crippen LogP contribution in [0.2, 0.25) is 0 Å². The zero-order chi connectivity index (χ0) is 19.6. The first-order valence-electron chi connectivity index (χ1n) is 9.74. The van der Waals surface area contributed by atoms with Gasteiger partial charge in [-0.15, -0.1) is 0 Å². The first kappa shape index (κ1) is 19.4. The molecule has 1 aromatic heterocycles. The number of carboxylic acids is 1. The van der Waals surface area contributed by atoms with Gasteiger partial charge in [-0.05, 0) is 44.4 Å². The van der Waals surface area contributed by atoms with Crippen molar-refractivity contribution in [3.05, 3.63) is 39.7 Å². The number of H-pyrrole nitrogens is 1. The van der Waals surface area contributed by atoms with Gasteiger partial charge in [0.15, 0.2) is 0 Å². The normalized spacial score (nSPS) is 14.2. The standard InChI is InChI=1S/C21H29N3O3/c1-4-21(5-2,20(26)27)13-24(3)12-14-8-9-15-17(11-14)23-19(25)16-7-6-10-22-18(15)16/h8-9,11,22H,4-7,10,12-13H2,1-3H3,(H,23,25)(H,26,27). The van der Waals surface area contributed by atoms with Crippen LogP contribution >= 0.6 is 0 Å². The molecule has 0 amide bonds. The van der Waals surface area contributed by atoms with E-state index in [-0.39, 0.29) is 5.56 Å². The van der Waals surface area contributed by atoms with Crippen LogP contribution in [0.15, 0.2) is 23.0 Å². The monoisotopic (exact) mass is 371 g/mol. The van der Waals surface area contributed by atoms with Crippen molar-refractivity contribution in [3.63, 3.8) is 0 Å². The molecular formula is C21H29N3O3. The van der Waals surface area contributed by atoms with Gasteiger partial charge in [-0.3, -0.25) is 9.59 Å². The highest BCUT2D eigenvalue weighted by atomic mass is 16.4. The highest BCUT2D eigenvalue weighted by Gasteiger charge is 2.35. The Morgan fingerprint density at radius 2 is 2.04 bits per heavy atom. The van der Waals surface area contributed by atoms with Gasteiger partial charge in [-0.25, -0.2) is 0 Å². The Bertz CT molecular complexity index is 899. The molecule has 0 radical (unpaired) electrons. The molecule has 1 aromatic carbocycles. The Kier molecular flexibility index (Phi) is 5.56. The Morgan fingerprint density at radius 3 is 2.70 bits per heavy atom. The maximum absolute atomic E-state index is 12.4. The molecule has 1 aliphatic rings. The van der Waals surface area contributed by atoms with Gasteiger partial charge in [0, 0.05) is 30.6 Å². The van der Waals surface area contributed by atoms with Gasteiger partial charge < -0.3 is 20.3 Å². The summed E-state index contributed by atoms with van der Waals surface area (Å²) in [4.78, 5) is 29.2. The number of nitrogens with one attached hydrogen (secondary N) is 2. The minimum atomic E-state index is -0.736. The number of carbonyl (C=O) groups is 1. The van der Waals surface area contributed by atoms with Gasteiger partial charge in [-0.2, -0.15) is 0 Å². The van der Waals surface area contributed by atoms with Crippen LogP contribution in [0.1, 0.15) is 44.2 Å². The van der Waals surface area contributed by atoms with E-state index in [9.17, 15) is 14.7 Å². The van der Waals surface area contributed by atoms with E-state index in [0.29, 0.717) is 25.9 Å². The van der Waals surface area contributed by atoms with Crippen LogP contribution in [-0.4, -0.2) is 41.1 Å². The first-order chi connectivity index (χ1) is 12.9. The molecular weight excluding hydrogens is 342 g/mol. The van der Waals surface area contributed by atoms with E-state index in [1.807, 2.05) is 27.0 Å². The second kappa shape index (κ2) is 7.72. The van der Waals surface area contributed by atoms with E-state index < -0.39 is 11.4 Å². The molecule has 2 aromatic rings. The number of aliphatic carboxylic acids is 1. The van der Waals surface area contributed by atoms with Crippen LogP contribution < -0.4 is 10.9 Å². The third-order valence-corrected chi connectivity index (χ3v) is 5.92. The first-order valence-corrected chi connectivity index (χ1v) is 9.74. The highest BCUT2D eigenvalue weighted by Crippen LogP contribution is 2.30. The summed E-state index contributed by atoms with van der Waals surface area (Å²) in [7, 11) is 1.95. The summed E-state index contributed by atoms with van der Waals surface area (Å²) in [6.45, 7) is 5.89. The van der Waals surface area contributed by atoms with Crippen molar-refractivity contribution in [3.8, 4) is 0 Å². The lowest BCUT2D eigenvalue weighted by molar-refractivity contribution is -0.150. The molecule has 2 heterocycles. The molecule has 0 saturated carbocycles. The van der Waals surface area contributed by atoms with Crippen LogP contribution in [0.5, 0.6) is 0 Å². The van der Waals surface area contributed by atoms with Gasteiger partial charge in [0.05, 0.1) is 16.6 Å². The second-order valence-electron chi connectivity index (χ2n) is 7.68. The van der Waals surface area contributed by atoms with Crippen molar-refractivity contribution in [2.24, 2.45) is 5.41 Å². The lowest BCUT2D eigenvalue weighted by Crippen LogP contribution is -2.40. The van der Waals surface area contributed by atoms with Gasteiger partial charge >= 0.3 is 5.97 Å². The zero-order valence-corrected chi connectivity index (χ0v) is 16.4. The number of nitrogens with zero attached hydrogens (tertiary/aromatic N) is 1. The van der Waals surface area contributed by atoms with Crippen LogP contribution in [0.4, 0.5) is 5.69 Å². The molecule has 6 nitrogen and oxygen atoms in total. The minimum Gasteiger partial charge on any atom is -0.481 e. The van der Waals surface area contributed by atoms with Gasteiger partial charge in [0.25, 0.3) is 5.56 Å². The summed E-state index contributed by atoms with van der Waals surface area (Å²) in [5, 5.41) is 14.1. The predicted molar refractivity (Wildman–Crippen MR) is 108 cm³/mol. The lowest BCUT2D eigenvalue weighted by atomic mass is 9.82. The van der Waals surface area contributed by atoms with Gasteiger partial charge in [0.2, 0.25) is 0 Å². The molecule has 0 fully saturated rings. The van der Waals surface area contributed by atoms with Crippen LogP contribution in [0.3, 0.4) is 0 Å².